The molecule has 7 heteroatoms. The summed E-state index contributed by atoms with van der Waals surface area (Å²) in [5.74, 6) is 0.340. The van der Waals surface area contributed by atoms with Crippen LogP contribution in [0.1, 0.15) is 13.3 Å². The van der Waals surface area contributed by atoms with E-state index in [0.717, 1.165) is 13.0 Å². The van der Waals surface area contributed by atoms with Crippen LogP contribution in [0.4, 0.5) is 10.1 Å². The van der Waals surface area contributed by atoms with Crippen LogP contribution in [-0.2, 0) is 11.3 Å². The van der Waals surface area contributed by atoms with Crippen LogP contribution in [0.3, 0.4) is 0 Å². The van der Waals surface area contributed by atoms with Gasteiger partial charge in [0.25, 0.3) is 0 Å². The third-order valence-electron chi connectivity index (χ3n) is 3.71. The number of nitrogens with two attached hydrogens (primary N) is 1. The van der Waals surface area contributed by atoms with E-state index in [2.05, 4.69) is 15.5 Å². The summed E-state index contributed by atoms with van der Waals surface area (Å²) in [4.78, 5) is 0. The predicted octanol–water partition coefficient (Wildman–Crippen LogP) is 1.49. The average Bonchev–Trinajstić information content (AvgIpc) is 3.01. The van der Waals surface area contributed by atoms with E-state index in [1.807, 2.05) is 6.92 Å². The van der Waals surface area contributed by atoms with Gasteiger partial charge >= 0.3 is 0 Å². The van der Waals surface area contributed by atoms with Crippen LogP contribution in [-0.4, -0.2) is 32.9 Å². The van der Waals surface area contributed by atoms with Crippen molar-refractivity contribution in [2.45, 2.75) is 26.0 Å². The van der Waals surface area contributed by atoms with Crippen molar-refractivity contribution in [3.05, 3.63) is 24.0 Å². The average molecular weight is 277 g/mol. The van der Waals surface area contributed by atoms with Gasteiger partial charge < -0.3 is 10.5 Å². The number of rotatable bonds is 3. The number of nitrogens with zero attached hydrogens (tertiary/aromatic N) is 4. The van der Waals surface area contributed by atoms with Gasteiger partial charge in [0.2, 0.25) is 0 Å². The van der Waals surface area contributed by atoms with Crippen LogP contribution in [0, 0.1) is 11.7 Å². The molecular weight excluding hydrogens is 261 g/mol. The van der Waals surface area contributed by atoms with Gasteiger partial charge in [-0.2, -0.15) is 0 Å². The highest BCUT2D eigenvalue weighted by molar-refractivity contribution is 5.59. The monoisotopic (exact) mass is 277 g/mol. The Hall–Kier alpha value is -2.02. The first-order valence-electron chi connectivity index (χ1n) is 6.58. The molecule has 0 spiro atoms. The fourth-order valence-corrected chi connectivity index (χ4v) is 2.47. The zero-order chi connectivity index (χ0) is 14.1. The third-order valence-corrected chi connectivity index (χ3v) is 3.71. The summed E-state index contributed by atoms with van der Waals surface area (Å²) in [6.45, 7) is 3.40. The number of tetrazole rings is 1. The van der Waals surface area contributed by atoms with Crippen molar-refractivity contribution >= 4 is 5.69 Å². The first-order valence-corrected chi connectivity index (χ1v) is 6.58. The van der Waals surface area contributed by atoms with E-state index < -0.39 is 5.82 Å². The van der Waals surface area contributed by atoms with E-state index in [1.165, 1.54) is 6.07 Å². The Morgan fingerprint density at radius 1 is 1.50 bits per heavy atom. The summed E-state index contributed by atoms with van der Waals surface area (Å²) in [5.41, 5.74) is 6.29. The van der Waals surface area contributed by atoms with Gasteiger partial charge in [-0.15, -0.1) is 5.10 Å². The highest BCUT2D eigenvalue weighted by Gasteiger charge is 2.26. The maximum absolute atomic E-state index is 14.0. The Labute approximate surface area is 115 Å². The number of aromatic nitrogens is 4. The van der Waals surface area contributed by atoms with Gasteiger partial charge in [0.05, 0.1) is 18.2 Å². The molecule has 1 aliphatic rings. The molecule has 0 bridgehead atoms. The molecule has 1 fully saturated rings. The van der Waals surface area contributed by atoms with Gasteiger partial charge in [-0.1, -0.05) is 0 Å². The van der Waals surface area contributed by atoms with Crippen LogP contribution < -0.4 is 5.73 Å². The molecule has 106 valence electrons. The first kappa shape index (κ1) is 13.0. The SMILES string of the molecule is CC1OCCC1Cn1nnnc1-c1ccc(N)cc1F. The van der Waals surface area contributed by atoms with Crippen LogP contribution >= 0.6 is 0 Å². The standard InChI is InChI=1S/C13H16FN5O/c1-8-9(4-5-20-8)7-19-13(16-17-18-19)11-3-2-10(15)6-12(11)14/h2-3,6,8-9H,4-5,7,15H2,1H3. The maximum Gasteiger partial charge on any atom is 0.184 e. The van der Waals surface area contributed by atoms with Crippen LogP contribution in [0.15, 0.2) is 18.2 Å². The van der Waals surface area contributed by atoms with Crippen LogP contribution in [0.2, 0.25) is 0 Å². The number of hydrogen-bond donors (Lipinski definition) is 1. The van der Waals surface area contributed by atoms with Crippen molar-refractivity contribution in [3.8, 4) is 11.4 Å². The van der Waals surface area contributed by atoms with Gasteiger partial charge in [0.1, 0.15) is 5.82 Å². The smallest absolute Gasteiger partial charge is 0.184 e. The molecule has 3 rings (SSSR count). The van der Waals surface area contributed by atoms with Crippen molar-refractivity contribution in [2.75, 3.05) is 12.3 Å². The second-order valence-electron chi connectivity index (χ2n) is 5.05. The molecule has 6 nitrogen and oxygen atoms in total. The minimum atomic E-state index is -0.420. The van der Waals surface area contributed by atoms with E-state index in [1.54, 1.807) is 16.8 Å². The minimum absolute atomic E-state index is 0.170. The highest BCUT2D eigenvalue weighted by atomic mass is 19.1. The van der Waals surface area contributed by atoms with Crippen LogP contribution in [0.5, 0.6) is 0 Å². The number of benzene rings is 1. The van der Waals surface area contributed by atoms with Gasteiger partial charge in [-0.05, 0) is 42.0 Å². The molecule has 2 unspecified atom stereocenters. The summed E-state index contributed by atoms with van der Waals surface area (Å²) in [5, 5.41) is 11.5. The fraction of sp³-hybridized carbons (Fsp3) is 0.462. The lowest BCUT2D eigenvalue weighted by Crippen LogP contribution is -2.19. The molecule has 2 atom stereocenters. The lowest BCUT2D eigenvalue weighted by molar-refractivity contribution is 0.101. The molecular formula is C13H16FN5O. The maximum atomic E-state index is 14.0. The van der Waals surface area contributed by atoms with Gasteiger partial charge in [0, 0.05) is 18.2 Å². The lowest BCUT2D eigenvalue weighted by atomic mass is 10.0. The summed E-state index contributed by atoms with van der Waals surface area (Å²) in [6.07, 6.45) is 1.13. The fourth-order valence-electron chi connectivity index (χ4n) is 2.47. The molecule has 0 saturated carbocycles. The third kappa shape index (κ3) is 2.36. The zero-order valence-corrected chi connectivity index (χ0v) is 11.2. The quantitative estimate of drug-likeness (QED) is 0.860. The second-order valence-corrected chi connectivity index (χ2v) is 5.05. The first-order chi connectivity index (χ1) is 9.65. The Morgan fingerprint density at radius 3 is 3.05 bits per heavy atom. The predicted molar refractivity (Wildman–Crippen MR) is 71.1 cm³/mol. The number of halogens is 1. The second kappa shape index (κ2) is 5.16. The molecule has 1 aliphatic heterocycles. The Balaban J connectivity index is 1.89. The van der Waals surface area contributed by atoms with E-state index in [-0.39, 0.29) is 6.10 Å². The van der Waals surface area contributed by atoms with E-state index in [4.69, 9.17) is 10.5 Å². The Bertz CT molecular complexity index is 615. The number of ether oxygens (including phenoxy) is 1. The van der Waals surface area contributed by atoms with Gasteiger partial charge in [-0.25, -0.2) is 9.07 Å². The summed E-state index contributed by atoms with van der Waals surface area (Å²) in [6, 6.07) is 4.51. The van der Waals surface area contributed by atoms with E-state index in [0.29, 0.717) is 29.5 Å². The van der Waals surface area contributed by atoms with Crippen molar-refractivity contribution in [1.82, 2.24) is 20.2 Å². The molecule has 2 N–H and O–H groups in total. The molecule has 1 aromatic heterocycles. The van der Waals surface area contributed by atoms with Crippen molar-refractivity contribution in [2.24, 2.45) is 5.92 Å². The largest absolute Gasteiger partial charge is 0.399 e. The summed E-state index contributed by atoms with van der Waals surface area (Å²) in [7, 11) is 0. The topological polar surface area (TPSA) is 78.8 Å². The molecule has 0 radical (unpaired) electrons. The van der Waals surface area contributed by atoms with Crippen LogP contribution in [0.25, 0.3) is 11.4 Å². The molecule has 1 saturated heterocycles. The molecule has 0 amide bonds. The summed E-state index contributed by atoms with van der Waals surface area (Å²) < 4.78 is 21.1. The zero-order valence-electron chi connectivity index (χ0n) is 11.2. The number of hydrogen-bond acceptors (Lipinski definition) is 5. The lowest BCUT2D eigenvalue weighted by Gasteiger charge is -2.14. The Morgan fingerprint density at radius 2 is 2.35 bits per heavy atom. The van der Waals surface area contributed by atoms with Crippen molar-refractivity contribution in [3.63, 3.8) is 0 Å². The highest BCUT2D eigenvalue weighted by Crippen LogP contribution is 2.26. The molecule has 0 aliphatic carbocycles. The number of nitrogen functional groups attached to an aromatic ring is 1. The number of anilines is 1. The Kier molecular flexibility index (Phi) is 3.35. The van der Waals surface area contributed by atoms with Gasteiger partial charge in [-0.3, -0.25) is 0 Å². The van der Waals surface area contributed by atoms with Crippen molar-refractivity contribution in [1.29, 1.82) is 0 Å². The minimum Gasteiger partial charge on any atom is -0.399 e. The van der Waals surface area contributed by atoms with Crippen molar-refractivity contribution < 1.29 is 9.13 Å². The van der Waals surface area contributed by atoms with E-state index in [9.17, 15) is 4.39 Å². The molecule has 2 aromatic rings. The normalized spacial score (nSPS) is 22.3. The van der Waals surface area contributed by atoms with E-state index >= 15 is 0 Å². The van der Waals surface area contributed by atoms with Gasteiger partial charge in [0.15, 0.2) is 5.82 Å². The molecule has 20 heavy (non-hydrogen) atoms. The summed E-state index contributed by atoms with van der Waals surface area (Å²) >= 11 is 0. The molecule has 1 aromatic carbocycles. The molecule has 2 heterocycles.